The summed E-state index contributed by atoms with van der Waals surface area (Å²) in [4.78, 5) is 0. The third kappa shape index (κ3) is 4.32. The zero-order valence-corrected chi connectivity index (χ0v) is 13.6. The van der Waals surface area contributed by atoms with Crippen LogP contribution in [0.15, 0.2) is 36.5 Å². The molecular weight excluding hydrogens is 282 g/mol. The highest BCUT2D eigenvalue weighted by molar-refractivity contribution is 6.31. The first-order valence-electron chi connectivity index (χ1n) is 7.61. The molecule has 0 radical (unpaired) electrons. The van der Waals surface area contributed by atoms with Gasteiger partial charge in [-0.3, -0.25) is 4.68 Å². The molecule has 0 saturated heterocycles. The first-order chi connectivity index (χ1) is 10.1. The van der Waals surface area contributed by atoms with Gasteiger partial charge in [-0.15, -0.1) is 0 Å². The number of nitrogens with zero attached hydrogens (tertiary/aromatic N) is 2. The van der Waals surface area contributed by atoms with Gasteiger partial charge in [0.25, 0.3) is 0 Å². The van der Waals surface area contributed by atoms with E-state index < -0.39 is 0 Å². The summed E-state index contributed by atoms with van der Waals surface area (Å²) in [6, 6.07) is 10.5. The number of halogens is 1. The highest BCUT2D eigenvalue weighted by Gasteiger charge is 2.13. The molecule has 114 valence electrons. The second-order valence-electron chi connectivity index (χ2n) is 5.65. The normalized spacial score (nSPS) is 14.1. The van der Waals surface area contributed by atoms with Crippen molar-refractivity contribution >= 4 is 11.6 Å². The zero-order valence-electron chi connectivity index (χ0n) is 12.8. The van der Waals surface area contributed by atoms with Crippen molar-refractivity contribution in [1.29, 1.82) is 0 Å². The molecule has 1 heterocycles. The molecule has 2 rings (SSSR count). The minimum absolute atomic E-state index is 0.366. The SMILES string of the molecule is CCC(C)n1ccc(CC(CN)Cc2ccccc2Cl)n1. The van der Waals surface area contributed by atoms with Gasteiger partial charge in [0.1, 0.15) is 0 Å². The van der Waals surface area contributed by atoms with Gasteiger partial charge in [-0.2, -0.15) is 5.10 Å². The van der Waals surface area contributed by atoms with Crippen LogP contribution in [0.1, 0.15) is 37.6 Å². The van der Waals surface area contributed by atoms with Gasteiger partial charge >= 0.3 is 0 Å². The Morgan fingerprint density at radius 1 is 1.24 bits per heavy atom. The molecule has 0 spiro atoms. The van der Waals surface area contributed by atoms with Crippen LogP contribution in [-0.4, -0.2) is 16.3 Å². The Kier molecular flexibility index (Phi) is 5.83. The largest absolute Gasteiger partial charge is 0.330 e. The first kappa shape index (κ1) is 16.1. The zero-order chi connectivity index (χ0) is 15.2. The molecule has 0 fully saturated rings. The van der Waals surface area contributed by atoms with Gasteiger partial charge in [-0.1, -0.05) is 36.7 Å². The summed E-state index contributed by atoms with van der Waals surface area (Å²) in [6.07, 6.45) is 4.94. The monoisotopic (exact) mass is 305 g/mol. The van der Waals surface area contributed by atoms with Crippen molar-refractivity contribution in [2.45, 2.75) is 39.2 Å². The predicted molar refractivity (Wildman–Crippen MR) is 88.6 cm³/mol. The van der Waals surface area contributed by atoms with Crippen LogP contribution in [0.25, 0.3) is 0 Å². The topological polar surface area (TPSA) is 43.8 Å². The smallest absolute Gasteiger partial charge is 0.0628 e. The van der Waals surface area contributed by atoms with E-state index >= 15 is 0 Å². The van der Waals surface area contributed by atoms with Crippen molar-refractivity contribution < 1.29 is 0 Å². The van der Waals surface area contributed by atoms with E-state index in [4.69, 9.17) is 17.3 Å². The summed E-state index contributed by atoms with van der Waals surface area (Å²) in [6.45, 7) is 4.99. The van der Waals surface area contributed by atoms with Crippen LogP contribution in [0.2, 0.25) is 5.02 Å². The Labute approximate surface area is 132 Å². The van der Waals surface area contributed by atoms with Crippen LogP contribution in [-0.2, 0) is 12.8 Å². The summed E-state index contributed by atoms with van der Waals surface area (Å²) in [7, 11) is 0. The molecule has 2 unspecified atom stereocenters. The van der Waals surface area contributed by atoms with E-state index in [1.165, 1.54) is 0 Å². The van der Waals surface area contributed by atoms with Crippen LogP contribution in [0.4, 0.5) is 0 Å². The molecule has 0 aliphatic rings. The molecule has 21 heavy (non-hydrogen) atoms. The average Bonchev–Trinajstić information content (AvgIpc) is 2.96. The Hall–Kier alpha value is -1.32. The Morgan fingerprint density at radius 2 is 2.00 bits per heavy atom. The molecule has 2 aromatic rings. The molecular formula is C17H24ClN3. The van der Waals surface area contributed by atoms with E-state index in [1.807, 2.05) is 22.9 Å². The number of nitrogens with two attached hydrogens (primary N) is 1. The van der Waals surface area contributed by atoms with Crippen LogP contribution >= 0.6 is 11.6 Å². The summed E-state index contributed by atoms with van der Waals surface area (Å²) in [5, 5.41) is 5.48. The fourth-order valence-corrected chi connectivity index (χ4v) is 2.64. The molecule has 0 aliphatic carbocycles. The van der Waals surface area contributed by atoms with Gasteiger partial charge in [0, 0.05) is 17.3 Å². The summed E-state index contributed by atoms with van der Waals surface area (Å²) in [5.41, 5.74) is 8.21. The molecule has 0 amide bonds. The second kappa shape index (κ2) is 7.62. The van der Waals surface area contributed by atoms with Gasteiger partial charge in [0.15, 0.2) is 0 Å². The van der Waals surface area contributed by atoms with E-state index in [9.17, 15) is 0 Å². The summed E-state index contributed by atoms with van der Waals surface area (Å²) < 4.78 is 2.04. The first-order valence-corrected chi connectivity index (χ1v) is 7.99. The lowest BCUT2D eigenvalue weighted by atomic mass is 9.95. The average molecular weight is 306 g/mol. The van der Waals surface area contributed by atoms with Crippen LogP contribution in [0, 0.1) is 5.92 Å². The van der Waals surface area contributed by atoms with E-state index in [2.05, 4.69) is 37.3 Å². The Bertz CT molecular complexity index is 565. The van der Waals surface area contributed by atoms with E-state index in [0.29, 0.717) is 18.5 Å². The van der Waals surface area contributed by atoms with E-state index in [-0.39, 0.29) is 0 Å². The van der Waals surface area contributed by atoms with Crippen LogP contribution in [0.3, 0.4) is 0 Å². The van der Waals surface area contributed by atoms with E-state index in [1.54, 1.807) is 0 Å². The Balaban J connectivity index is 2.02. The second-order valence-corrected chi connectivity index (χ2v) is 6.05. The van der Waals surface area contributed by atoms with E-state index in [0.717, 1.165) is 35.5 Å². The van der Waals surface area contributed by atoms with Crippen molar-refractivity contribution in [3.05, 3.63) is 52.8 Å². The van der Waals surface area contributed by atoms with Crippen molar-refractivity contribution in [2.24, 2.45) is 11.7 Å². The maximum Gasteiger partial charge on any atom is 0.0628 e. The fraction of sp³-hybridized carbons (Fsp3) is 0.471. The summed E-state index contributed by atoms with van der Waals surface area (Å²) in [5.74, 6) is 0.366. The van der Waals surface area contributed by atoms with Gasteiger partial charge < -0.3 is 5.73 Å². The minimum atomic E-state index is 0.366. The number of rotatable bonds is 7. The standard InChI is InChI=1S/C17H24ClN3/c1-3-13(2)21-9-8-16(20-21)11-14(12-19)10-15-6-4-5-7-17(15)18/h4-9,13-14H,3,10-12,19H2,1-2H3. The van der Waals surface area contributed by atoms with Crippen molar-refractivity contribution in [3.63, 3.8) is 0 Å². The van der Waals surface area contributed by atoms with Crippen molar-refractivity contribution in [2.75, 3.05) is 6.54 Å². The third-order valence-corrected chi connectivity index (χ3v) is 4.37. The molecule has 0 bridgehead atoms. The third-order valence-electron chi connectivity index (χ3n) is 4.00. The van der Waals surface area contributed by atoms with Gasteiger partial charge in [0.05, 0.1) is 5.69 Å². The van der Waals surface area contributed by atoms with Crippen LogP contribution in [0.5, 0.6) is 0 Å². The summed E-state index contributed by atoms with van der Waals surface area (Å²) >= 11 is 6.23. The molecule has 1 aromatic heterocycles. The minimum Gasteiger partial charge on any atom is -0.330 e. The lowest BCUT2D eigenvalue weighted by molar-refractivity contribution is 0.463. The highest BCUT2D eigenvalue weighted by Crippen LogP contribution is 2.20. The van der Waals surface area contributed by atoms with Gasteiger partial charge in [-0.05, 0) is 56.3 Å². The van der Waals surface area contributed by atoms with Crippen molar-refractivity contribution in [1.82, 2.24) is 9.78 Å². The number of aromatic nitrogens is 2. The molecule has 2 N–H and O–H groups in total. The van der Waals surface area contributed by atoms with Crippen molar-refractivity contribution in [3.8, 4) is 0 Å². The molecule has 2 atom stereocenters. The Morgan fingerprint density at radius 3 is 2.67 bits per heavy atom. The molecule has 3 nitrogen and oxygen atoms in total. The lowest BCUT2D eigenvalue weighted by Gasteiger charge is -2.14. The molecule has 0 aliphatic heterocycles. The quantitative estimate of drug-likeness (QED) is 0.844. The lowest BCUT2D eigenvalue weighted by Crippen LogP contribution is -2.20. The molecule has 1 aromatic carbocycles. The highest BCUT2D eigenvalue weighted by atomic mass is 35.5. The number of benzene rings is 1. The maximum absolute atomic E-state index is 6.23. The predicted octanol–water partition coefficient (Wildman–Crippen LogP) is 3.87. The molecule has 4 heteroatoms. The molecule has 0 saturated carbocycles. The number of hydrogen-bond acceptors (Lipinski definition) is 2. The maximum atomic E-state index is 6.23. The van der Waals surface area contributed by atoms with Crippen LogP contribution < -0.4 is 5.73 Å². The van der Waals surface area contributed by atoms with Gasteiger partial charge in [-0.25, -0.2) is 0 Å². The number of hydrogen-bond donors (Lipinski definition) is 1. The fourth-order valence-electron chi connectivity index (χ4n) is 2.43. The van der Waals surface area contributed by atoms with Gasteiger partial charge in [0.2, 0.25) is 0 Å².